The number of morpholine rings is 1. The predicted molar refractivity (Wildman–Crippen MR) is 79.6 cm³/mol. The third kappa shape index (κ3) is 3.42. The lowest BCUT2D eigenvalue weighted by Gasteiger charge is -2.38. The molecule has 0 spiro atoms. The van der Waals surface area contributed by atoms with Crippen molar-refractivity contribution in [2.45, 2.75) is 38.5 Å². The maximum absolute atomic E-state index is 12.4. The quantitative estimate of drug-likeness (QED) is 0.914. The van der Waals surface area contributed by atoms with E-state index >= 15 is 0 Å². The van der Waals surface area contributed by atoms with Crippen molar-refractivity contribution >= 4 is 11.8 Å². The van der Waals surface area contributed by atoms with Gasteiger partial charge in [-0.2, -0.15) is 0 Å². The molecule has 114 valence electrons. The predicted octanol–water partition coefficient (Wildman–Crippen LogP) is 1.50. The molecule has 2 rings (SSSR count). The molecule has 0 aromatic heterocycles. The summed E-state index contributed by atoms with van der Waals surface area (Å²) in [6.45, 7) is 3.91. The van der Waals surface area contributed by atoms with Crippen molar-refractivity contribution in [3.8, 4) is 0 Å². The Morgan fingerprint density at radius 1 is 1.43 bits per heavy atom. The van der Waals surface area contributed by atoms with Gasteiger partial charge in [-0.25, -0.2) is 0 Å². The molecule has 21 heavy (non-hydrogen) atoms. The molecule has 1 aliphatic rings. The number of carbonyl (C=O) groups is 2. The highest BCUT2D eigenvalue weighted by Gasteiger charge is 2.40. The summed E-state index contributed by atoms with van der Waals surface area (Å²) in [5.41, 5.74) is 0.900. The Hall–Kier alpha value is -1.88. The van der Waals surface area contributed by atoms with E-state index in [1.165, 1.54) is 0 Å². The number of nitrogens with zero attached hydrogens (tertiary/aromatic N) is 1. The second kappa shape index (κ2) is 6.72. The summed E-state index contributed by atoms with van der Waals surface area (Å²) in [6, 6.07) is 9.21. The van der Waals surface area contributed by atoms with Crippen LogP contribution in [-0.2, 0) is 14.3 Å². The molecular weight excluding hydrogens is 268 g/mol. The van der Waals surface area contributed by atoms with E-state index in [1.54, 1.807) is 11.9 Å². The number of hydrogen-bond donors (Lipinski definition) is 1. The molecule has 0 bridgehead atoms. The van der Waals surface area contributed by atoms with Crippen LogP contribution >= 0.6 is 0 Å². The van der Waals surface area contributed by atoms with Crippen LogP contribution in [0.3, 0.4) is 0 Å². The fourth-order valence-electron chi connectivity index (χ4n) is 2.41. The average Bonchev–Trinajstić information content (AvgIpc) is 2.50. The number of carbonyl (C=O) groups excluding carboxylic acids is 2. The number of ether oxygens (including phenoxy) is 1. The third-order valence-electron chi connectivity index (χ3n) is 3.88. The van der Waals surface area contributed by atoms with Crippen molar-refractivity contribution in [3.05, 3.63) is 35.9 Å². The van der Waals surface area contributed by atoms with Crippen LogP contribution in [0, 0.1) is 0 Å². The molecule has 3 atom stereocenters. The second-order valence-corrected chi connectivity index (χ2v) is 5.41. The van der Waals surface area contributed by atoms with E-state index in [2.05, 4.69) is 5.32 Å². The molecule has 0 aliphatic carbocycles. The van der Waals surface area contributed by atoms with Crippen LogP contribution in [0.4, 0.5) is 0 Å². The molecule has 1 saturated heterocycles. The zero-order valence-corrected chi connectivity index (χ0v) is 12.7. The molecule has 1 aromatic carbocycles. The summed E-state index contributed by atoms with van der Waals surface area (Å²) < 4.78 is 5.53. The standard InChI is InChI=1S/C16H22N2O3/c1-4-11(2)17-16(20)15-14(12-8-6-5-7-9-12)18(3)13(19)10-21-15/h5-9,11,14-15H,4,10H2,1-3H3,(H,17,20)/t11-,14+,15+/m0/s1. The number of benzene rings is 1. The molecule has 5 nitrogen and oxygen atoms in total. The highest BCUT2D eigenvalue weighted by Crippen LogP contribution is 2.29. The van der Waals surface area contributed by atoms with Crippen molar-refractivity contribution in [2.75, 3.05) is 13.7 Å². The van der Waals surface area contributed by atoms with Crippen molar-refractivity contribution in [2.24, 2.45) is 0 Å². The topological polar surface area (TPSA) is 58.6 Å². The van der Waals surface area contributed by atoms with Crippen LogP contribution in [0.2, 0.25) is 0 Å². The molecular formula is C16H22N2O3. The first-order valence-corrected chi connectivity index (χ1v) is 7.27. The molecule has 0 unspecified atom stereocenters. The summed E-state index contributed by atoms with van der Waals surface area (Å²) in [7, 11) is 1.71. The lowest BCUT2D eigenvalue weighted by molar-refractivity contribution is -0.162. The van der Waals surface area contributed by atoms with Crippen molar-refractivity contribution in [1.29, 1.82) is 0 Å². The van der Waals surface area contributed by atoms with E-state index in [0.717, 1.165) is 12.0 Å². The van der Waals surface area contributed by atoms with E-state index in [0.29, 0.717) is 0 Å². The van der Waals surface area contributed by atoms with Gasteiger partial charge in [-0.3, -0.25) is 9.59 Å². The summed E-state index contributed by atoms with van der Waals surface area (Å²) in [5.74, 6) is -0.283. The Morgan fingerprint density at radius 3 is 2.71 bits per heavy atom. The highest BCUT2D eigenvalue weighted by molar-refractivity contribution is 5.86. The first-order chi connectivity index (χ1) is 10.0. The summed E-state index contributed by atoms with van der Waals surface area (Å²) in [4.78, 5) is 25.9. The average molecular weight is 290 g/mol. The van der Waals surface area contributed by atoms with Gasteiger partial charge < -0.3 is 15.0 Å². The molecule has 0 radical (unpaired) electrons. The first-order valence-electron chi connectivity index (χ1n) is 7.27. The third-order valence-corrected chi connectivity index (χ3v) is 3.88. The lowest BCUT2D eigenvalue weighted by Crippen LogP contribution is -2.54. The number of rotatable bonds is 4. The van der Waals surface area contributed by atoms with E-state index in [1.807, 2.05) is 44.2 Å². The molecule has 1 aromatic rings. The number of amides is 2. The normalized spacial score (nSPS) is 23.8. The number of likely N-dealkylation sites (N-methyl/N-ethyl adjacent to an activating group) is 1. The maximum atomic E-state index is 12.4. The highest BCUT2D eigenvalue weighted by atomic mass is 16.5. The van der Waals surface area contributed by atoms with Gasteiger partial charge in [-0.05, 0) is 18.9 Å². The van der Waals surface area contributed by atoms with Gasteiger partial charge in [0.25, 0.3) is 5.91 Å². The van der Waals surface area contributed by atoms with Crippen LogP contribution in [-0.4, -0.2) is 42.5 Å². The van der Waals surface area contributed by atoms with Gasteiger partial charge in [0.2, 0.25) is 5.91 Å². The molecule has 5 heteroatoms. The van der Waals surface area contributed by atoms with Crippen LogP contribution in [0.25, 0.3) is 0 Å². The van der Waals surface area contributed by atoms with Crippen LogP contribution in [0.1, 0.15) is 31.9 Å². The molecule has 1 heterocycles. The van der Waals surface area contributed by atoms with Gasteiger partial charge in [-0.15, -0.1) is 0 Å². The minimum atomic E-state index is -0.677. The zero-order chi connectivity index (χ0) is 15.4. The largest absolute Gasteiger partial charge is 0.356 e. The van der Waals surface area contributed by atoms with Gasteiger partial charge in [-0.1, -0.05) is 37.3 Å². The van der Waals surface area contributed by atoms with Crippen molar-refractivity contribution in [3.63, 3.8) is 0 Å². The summed E-state index contributed by atoms with van der Waals surface area (Å²) in [6.07, 6.45) is 0.174. The molecule has 1 aliphatic heterocycles. The monoisotopic (exact) mass is 290 g/mol. The molecule has 1 N–H and O–H groups in total. The second-order valence-electron chi connectivity index (χ2n) is 5.41. The number of hydrogen-bond acceptors (Lipinski definition) is 3. The van der Waals surface area contributed by atoms with E-state index in [4.69, 9.17) is 4.74 Å². The fraction of sp³-hybridized carbons (Fsp3) is 0.500. The Labute approximate surface area is 125 Å². The van der Waals surface area contributed by atoms with Gasteiger partial charge in [0.1, 0.15) is 6.61 Å². The first kappa shape index (κ1) is 15.5. The van der Waals surface area contributed by atoms with E-state index in [-0.39, 0.29) is 24.5 Å². The SMILES string of the molecule is CC[C@H](C)NC(=O)[C@@H]1OCC(=O)N(C)[C@@H]1c1ccccc1. The minimum absolute atomic E-state index is 0.0571. The number of nitrogens with one attached hydrogen (secondary N) is 1. The van der Waals surface area contributed by atoms with Crippen LogP contribution in [0.15, 0.2) is 30.3 Å². The molecule has 1 fully saturated rings. The molecule has 0 saturated carbocycles. The fourth-order valence-corrected chi connectivity index (χ4v) is 2.41. The van der Waals surface area contributed by atoms with Crippen LogP contribution in [0.5, 0.6) is 0 Å². The zero-order valence-electron chi connectivity index (χ0n) is 12.7. The van der Waals surface area contributed by atoms with Gasteiger partial charge in [0, 0.05) is 13.1 Å². The van der Waals surface area contributed by atoms with Crippen LogP contribution < -0.4 is 5.32 Å². The van der Waals surface area contributed by atoms with Gasteiger partial charge >= 0.3 is 0 Å². The van der Waals surface area contributed by atoms with E-state index < -0.39 is 12.1 Å². The Kier molecular flexibility index (Phi) is 4.96. The summed E-state index contributed by atoms with van der Waals surface area (Å²) in [5, 5.41) is 2.93. The smallest absolute Gasteiger partial charge is 0.251 e. The minimum Gasteiger partial charge on any atom is -0.356 e. The molecule has 2 amide bonds. The maximum Gasteiger partial charge on any atom is 0.251 e. The van der Waals surface area contributed by atoms with Gasteiger partial charge in [0.15, 0.2) is 6.10 Å². The van der Waals surface area contributed by atoms with Crippen molar-refractivity contribution in [1.82, 2.24) is 10.2 Å². The Bertz CT molecular complexity index is 504. The Morgan fingerprint density at radius 2 is 2.10 bits per heavy atom. The van der Waals surface area contributed by atoms with E-state index in [9.17, 15) is 9.59 Å². The van der Waals surface area contributed by atoms with Gasteiger partial charge in [0.05, 0.1) is 6.04 Å². The van der Waals surface area contributed by atoms with Crippen molar-refractivity contribution < 1.29 is 14.3 Å². The lowest BCUT2D eigenvalue weighted by atomic mass is 9.97. The summed E-state index contributed by atoms with van der Waals surface area (Å²) >= 11 is 0. The Balaban J connectivity index is 2.25.